The van der Waals surface area contributed by atoms with Crippen LogP contribution in [-0.4, -0.2) is 47.8 Å². The Morgan fingerprint density at radius 3 is 2.36 bits per heavy atom. The molecule has 1 heterocycles. The topological polar surface area (TPSA) is 75.7 Å². The van der Waals surface area contributed by atoms with Crippen LogP contribution in [0.1, 0.15) is 32.7 Å². The molecule has 0 unspecified atom stereocenters. The summed E-state index contributed by atoms with van der Waals surface area (Å²) in [5, 5.41) is 2.84. The molecule has 0 saturated heterocycles. The number of ether oxygens (including phenoxy) is 1. The summed E-state index contributed by atoms with van der Waals surface area (Å²) in [6.07, 6.45) is 2.29. The lowest BCUT2D eigenvalue weighted by molar-refractivity contribution is -0.120. The van der Waals surface area contributed by atoms with Crippen molar-refractivity contribution in [3.8, 4) is 5.75 Å². The van der Waals surface area contributed by atoms with Crippen molar-refractivity contribution in [1.29, 1.82) is 0 Å². The maximum absolute atomic E-state index is 13.1. The molecule has 2 aromatic carbocycles. The average molecular weight is 398 g/mol. The van der Waals surface area contributed by atoms with Crippen molar-refractivity contribution >= 4 is 35.2 Å². The highest BCUT2D eigenvalue weighted by atomic mass is 32.2. The number of aryl methyl sites for hydroxylation is 1. The van der Waals surface area contributed by atoms with Crippen LogP contribution in [0.4, 0.5) is 5.69 Å². The van der Waals surface area contributed by atoms with E-state index in [0.29, 0.717) is 34.7 Å². The van der Waals surface area contributed by atoms with E-state index in [1.165, 1.54) is 7.11 Å². The molecular formula is C21H22N2O4S. The number of fused-ring (bicyclic) bond motifs is 1. The predicted octanol–water partition coefficient (Wildman–Crippen LogP) is 3.36. The predicted molar refractivity (Wildman–Crippen MR) is 110 cm³/mol. The summed E-state index contributed by atoms with van der Waals surface area (Å²) in [5.74, 6) is -0.121. The Morgan fingerprint density at radius 1 is 1.14 bits per heavy atom. The molecule has 0 radical (unpaired) electrons. The van der Waals surface area contributed by atoms with E-state index in [-0.39, 0.29) is 0 Å². The van der Waals surface area contributed by atoms with Gasteiger partial charge in [-0.05, 0) is 55.2 Å². The molecule has 2 aromatic rings. The average Bonchev–Trinajstić information content (AvgIpc) is 2.94. The number of hydrogen-bond acceptors (Lipinski definition) is 5. The molecule has 1 aliphatic heterocycles. The van der Waals surface area contributed by atoms with Gasteiger partial charge in [-0.1, -0.05) is 18.2 Å². The van der Waals surface area contributed by atoms with Crippen LogP contribution >= 0.6 is 11.8 Å². The molecule has 146 valence electrons. The van der Waals surface area contributed by atoms with Gasteiger partial charge >= 0.3 is 0 Å². The van der Waals surface area contributed by atoms with Crippen molar-refractivity contribution in [2.24, 2.45) is 0 Å². The van der Waals surface area contributed by atoms with E-state index in [1.807, 2.05) is 19.2 Å². The summed E-state index contributed by atoms with van der Waals surface area (Å²) in [6.45, 7) is 1.91. The van der Waals surface area contributed by atoms with E-state index in [1.54, 1.807) is 48.2 Å². The highest BCUT2D eigenvalue weighted by molar-refractivity contribution is 7.98. The lowest BCUT2D eigenvalue weighted by Crippen LogP contribution is -2.47. The Labute approximate surface area is 168 Å². The molecule has 0 fully saturated rings. The maximum Gasteiger partial charge on any atom is 0.262 e. The first-order valence-electron chi connectivity index (χ1n) is 8.89. The summed E-state index contributed by atoms with van der Waals surface area (Å²) in [6, 6.07) is 11.2. The van der Waals surface area contributed by atoms with Crippen LogP contribution in [-0.2, 0) is 4.79 Å². The zero-order valence-corrected chi connectivity index (χ0v) is 16.8. The fraction of sp³-hybridized carbons (Fsp3) is 0.286. The lowest BCUT2D eigenvalue weighted by atomic mass is 10.1. The normalized spacial score (nSPS) is 14.0. The summed E-state index contributed by atoms with van der Waals surface area (Å²) in [7, 11) is 1.52. The second-order valence-electron chi connectivity index (χ2n) is 6.52. The standard InChI is InChI=1S/C21H22N2O4S/c1-13-8-9-18(27-2)16(12-13)22-19(24)17(10-11-28-3)23-20(25)14-6-4-5-7-15(14)21(23)26/h4-9,12,17H,10-11H2,1-3H3,(H,22,24)/t17-/m0/s1. The van der Waals surface area contributed by atoms with Crippen molar-refractivity contribution in [3.63, 3.8) is 0 Å². The van der Waals surface area contributed by atoms with Gasteiger partial charge in [-0.15, -0.1) is 0 Å². The molecular weight excluding hydrogens is 376 g/mol. The number of anilines is 1. The van der Waals surface area contributed by atoms with E-state index in [2.05, 4.69) is 5.32 Å². The second kappa shape index (κ2) is 8.48. The van der Waals surface area contributed by atoms with Crippen LogP contribution in [0.3, 0.4) is 0 Å². The van der Waals surface area contributed by atoms with E-state index < -0.39 is 23.8 Å². The molecule has 1 aliphatic rings. The van der Waals surface area contributed by atoms with Gasteiger partial charge in [-0.25, -0.2) is 0 Å². The van der Waals surface area contributed by atoms with Gasteiger partial charge in [0, 0.05) is 0 Å². The van der Waals surface area contributed by atoms with E-state index in [4.69, 9.17) is 4.74 Å². The number of carbonyl (C=O) groups is 3. The number of methoxy groups -OCH3 is 1. The summed E-state index contributed by atoms with van der Waals surface area (Å²) >= 11 is 1.55. The Kier molecular flexibility index (Phi) is 6.04. The quantitative estimate of drug-likeness (QED) is 0.724. The van der Waals surface area contributed by atoms with Crippen molar-refractivity contribution in [2.45, 2.75) is 19.4 Å². The number of hydrogen-bond donors (Lipinski definition) is 1. The van der Waals surface area contributed by atoms with Crippen molar-refractivity contribution in [1.82, 2.24) is 4.90 Å². The van der Waals surface area contributed by atoms with Crippen LogP contribution < -0.4 is 10.1 Å². The second-order valence-corrected chi connectivity index (χ2v) is 7.50. The highest BCUT2D eigenvalue weighted by Crippen LogP contribution is 2.29. The van der Waals surface area contributed by atoms with Crippen LogP contribution in [0.25, 0.3) is 0 Å². The molecule has 6 nitrogen and oxygen atoms in total. The molecule has 28 heavy (non-hydrogen) atoms. The van der Waals surface area contributed by atoms with Gasteiger partial charge in [0.1, 0.15) is 11.8 Å². The molecule has 3 rings (SSSR count). The van der Waals surface area contributed by atoms with E-state index >= 15 is 0 Å². The minimum atomic E-state index is -0.898. The monoisotopic (exact) mass is 398 g/mol. The number of benzene rings is 2. The van der Waals surface area contributed by atoms with Gasteiger partial charge in [0.05, 0.1) is 23.9 Å². The minimum absolute atomic E-state index is 0.336. The van der Waals surface area contributed by atoms with E-state index in [0.717, 1.165) is 10.5 Å². The molecule has 1 atom stereocenters. The van der Waals surface area contributed by atoms with Crippen LogP contribution in [0.5, 0.6) is 5.75 Å². The van der Waals surface area contributed by atoms with Crippen LogP contribution in [0, 0.1) is 6.92 Å². The number of nitrogens with one attached hydrogen (secondary N) is 1. The number of thioether (sulfide) groups is 1. The summed E-state index contributed by atoms with van der Waals surface area (Å²) < 4.78 is 5.31. The SMILES string of the molecule is COc1ccc(C)cc1NC(=O)[C@H](CCSC)N1C(=O)c2ccccc2C1=O. The Morgan fingerprint density at radius 2 is 1.79 bits per heavy atom. The van der Waals surface area contributed by atoms with Gasteiger partial charge in [0.2, 0.25) is 5.91 Å². The van der Waals surface area contributed by atoms with Gasteiger partial charge in [-0.3, -0.25) is 19.3 Å². The molecule has 0 spiro atoms. The summed E-state index contributed by atoms with van der Waals surface area (Å²) in [5.41, 5.74) is 2.14. The lowest BCUT2D eigenvalue weighted by Gasteiger charge is -2.25. The number of rotatable bonds is 7. The molecule has 0 bridgehead atoms. The third-order valence-electron chi connectivity index (χ3n) is 4.65. The minimum Gasteiger partial charge on any atom is -0.495 e. The van der Waals surface area contributed by atoms with Gasteiger partial charge in [0.25, 0.3) is 11.8 Å². The van der Waals surface area contributed by atoms with Gasteiger partial charge in [0.15, 0.2) is 0 Å². The number of nitrogens with zero attached hydrogens (tertiary/aromatic N) is 1. The fourth-order valence-corrected chi connectivity index (χ4v) is 3.69. The first-order valence-corrected chi connectivity index (χ1v) is 10.3. The Hall–Kier alpha value is -2.80. The zero-order chi connectivity index (χ0) is 20.3. The molecule has 0 aliphatic carbocycles. The van der Waals surface area contributed by atoms with Crippen LogP contribution in [0.2, 0.25) is 0 Å². The third kappa shape index (κ3) is 3.75. The largest absolute Gasteiger partial charge is 0.495 e. The first-order chi connectivity index (χ1) is 13.5. The molecule has 0 saturated carbocycles. The number of amides is 3. The molecule has 7 heteroatoms. The molecule has 0 aromatic heterocycles. The number of imide groups is 1. The first kappa shape index (κ1) is 19.9. The maximum atomic E-state index is 13.1. The highest BCUT2D eigenvalue weighted by Gasteiger charge is 2.42. The van der Waals surface area contributed by atoms with Crippen molar-refractivity contribution in [3.05, 3.63) is 59.2 Å². The fourth-order valence-electron chi connectivity index (χ4n) is 3.23. The zero-order valence-electron chi connectivity index (χ0n) is 16.0. The number of carbonyl (C=O) groups excluding carboxylic acids is 3. The van der Waals surface area contributed by atoms with Gasteiger partial charge in [-0.2, -0.15) is 11.8 Å². The molecule has 3 amide bonds. The summed E-state index contributed by atoms with van der Waals surface area (Å²) in [4.78, 5) is 39.9. The van der Waals surface area contributed by atoms with Crippen molar-refractivity contribution < 1.29 is 19.1 Å². The Balaban J connectivity index is 1.91. The molecule has 1 N–H and O–H groups in total. The van der Waals surface area contributed by atoms with E-state index in [9.17, 15) is 14.4 Å². The third-order valence-corrected chi connectivity index (χ3v) is 5.29. The van der Waals surface area contributed by atoms with Gasteiger partial charge < -0.3 is 10.1 Å². The van der Waals surface area contributed by atoms with Crippen molar-refractivity contribution in [2.75, 3.05) is 24.4 Å². The Bertz CT molecular complexity index is 893. The smallest absolute Gasteiger partial charge is 0.262 e. The van der Waals surface area contributed by atoms with Crippen LogP contribution in [0.15, 0.2) is 42.5 Å².